The van der Waals surface area contributed by atoms with E-state index in [-0.39, 0.29) is 18.9 Å². The van der Waals surface area contributed by atoms with Crippen LogP contribution in [0, 0.1) is 0 Å². The van der Waals surface area contributed by atoms with Crippen molar-refractivity contribution >= 4 is 18.9 Å². The molecule has 0 bridgehead atoms. The molecule has 0 fully saturated rings. The fourth-order valence-corrected chi connectivity index (χ4v) is 3.68. The summed E-state index contributed by atoms with van der Waals surface area (Å²) < 4.78 is 0. The predicted molar refractivity (Wildman–Crippen MR) is 122 cm³/mol. The summed E-state index contributed by atoms with van der Waals surface area (Å²) in [6.45, 7) is 8.40. The normalized spacial score (nSPS) is 11.0. The fraction of sp³-hybridized carbons (Fsp3) is 0.520. The Bertz CT molecular complexity index is 522. The molecule has 0 saturated heterocycles. The van der Waals surface area contributed by atoms with Crippen LogP contribution in [0.1, 0.15) is 75.8 Å². The Morgan fingerprint density at radius 2 is 1.07 bits per heavy atom. The monoisotopic (exact) mass is 359 g/mol. The minimum absolute atomic E-state index is 0. The summed E-state index contributed by atoms with van der Waals surface area (Å²) in [7, 11) is 0. The van der Waals surface area contributed by atoms with Crippen LogP contribution in [-0.4, -0.2) is 43.4 Å². The van der Waals surface area contributed by atoms with Crippen LogP contribution in [0.15, 0.2) is 60.7 Å². The molecule has 0 radical (unpaired) electrons. The summed E-state index contributed by atoms with van der Waals surface area (Å²) in [6.07, 6.45) is 9.11. The van der Waals surface area contributed by atoms with Crippen molar-refractivity contribution in [2.75, 3.05) is 19.6 Å². The van der Waals surface area contributed by atoms with Crippen molar-refractivity contribution in [1.29, 1.82) is 0 Å². The molecule has 0 amide bonds. The van der Waals surface area contributed by atoms with Gasteiger partial charge in [0.1, 0.15) is 0 Å². The molecule has 0 spiro atoms. The Balaban J connectivity index is 0.00000364. The molecular weight excluding hydrogens is 321 g/mol. The van der Waals surface area contributed by atoms with Gasteiger partial charge in [-0.1, -0.05) is 93.8 Å². The van der Waals surface area contributed by atoms with Gasteiger partial charge in [-0.25, -0.2) is 0 Å². The molecule has 1 nitrogen and oxygen atoms in total. The standard InChI is InChI=1S/C25H37N.Li.H/c1-3-5-20-26(21-6-4-2)22-14-13-19-25(23-15-9-7-10-16-23)24-17-11-8-12-18-24;;/h7-12,15-18,25H,3-6,13-14,19-22H2,1-2H3;;. The number of hydrogen-bond donors (Lipinski definition) is 0. The summed E-state index contributed by atoms with van der Waals surface area (Å²) in [5, 5.41) is 0. The molecule has 0 unspecified atom stereocenters. The van der Waals surface area contributed by atoms with Crippen molar-refractivity contribution in [2.24, 2.45) is 0 Å². The van der Waals surface area contributed by atoms with Gasteiger partial charge in [0.05, 0.1) is 0 Å². The molecule has 27 heavy (non-hydrogen) atoms. The molecule has 2 aromatic rings. The topological polar surface area (TPSA) is 3.24 Å². The van der Waals surface area contributed by atoms with E-state index in [1.54, 1.807) is 0 Å². The molecule has 0 aliphatic heterocycles. The van der Waals surface area contributed by atoms with Crippen molar-refractivity contribution < 1.29 is 0 Å². The fourth-order valence-electron chi connectivity index (χ4n) is 3.68. The van der Waals surface area contributed by atoms with Gasteiger partial charge in [-0.2, -0.15) is 0 Å². The average Bonchev–Trinajstić information content (AvgIpc) is 2.70. The first-order valence-corrected chi connectivity index (χ1v) is 10.7. The maximum atomic E-state index is 2.69. The van der Waals surface area contributed by atoms with Crippen LogP contribution in [0.2, 0.25) is 0 Å². The molecule has 0 aromatic heterocycles. The molecule has 0 N–H and O–H groups in total. The number of rotatable bonds is 13. The van der Waals surface area contributed by atoms with Crippen molar-refractivity contribution in [3.05, 3.63) is 71.8 Å². The Labute approximate surface area is 179 Å². The van der Waals surface area contributed by atoms with Gasteiger partial charge in [-0.15, -0.1) is 0 Å². The van der Waals surface area contributed by atoms with E-state index in [9.17, 15) is 0 Å². The molecule has 0 saturated carbocycles. The van der Waals surface area contributed by atoms with Crippen molar-refractivity contribution in [2.45, 2.75) is 64.7 Å². The van der Waals surface area contributed by atoms with Crippen LogP contribution in [0.4, 0.5) is 0 Å². The molecule has 144 valence electrons. The van der Waals surface area contributed by atoms with Crippen LogP contribution < -0.4 is 0 Å². The second-order valence-electron chi connectivity index (χ2n) is 7.42. The third-order valence-corrected chi connectivity index (χ3v) is 5.28. The summed E-state index contributed by atoms with van der Waals surface area (Å²) in [4.78, 5) is 2.69. The maximum absolute atomic E-state index is 2.69. The zero-order valence-electron chi connectivity index (χ0n) is 16.9. The Morgan fingerprint density at radius 1 is 0.630 bits per heavy atom. The van der Waals surface area contributed by atoms with Crippen LogP contribution in [0.3, 0.4) is 0 Å². The summed E-state index contributed by atoms with van der Waals surface area (Å²) in [6, 6.07) is 22.0. The molecule has 2 rings (SSSR count). The van der Waals surface area contributed by atoms with E-state index in [4.69, 9.17) is 0 Å². The van der Waals surface area contributed by atoms with E-state index in [1.165, 1.54) is 75.7 Å². The van der Waals surface area contributed by atoms with Crippen molar-refractivity contribution in [3.8, 4) is 0 Å². The van der Waals surface area contributed by atoms with Gasteiger partial charge in [-0.05, 0) is 56.4 Å². The van der Waals surface area contributed by atoms with E-state index < -0.39 is 0 Å². The zero-order chi connectivity index (χ0) is 18.5. The third kappa shape index (κ3) is 9.16. The van der Waals surface area contributed by atoms with Gasteiger partial charge >= 0.3 is 18.9 Å². The third-order valence-electron chi connectivity index (χ3n) is 5.28. The number of nitrogens with zero attached hydrogens (tertiary/aromatic N) is 1. The van der Waals surface area contributed by atoms with Gasteiger partial charge in [0, 0.05) is 5.92 Å². The van der Waals surface area contributed by atoms with Gasteiger partial charge in [0.2, 0.25) is 0 Å². The molecule has 0 atom stereocenters. The number of unbranched alkanes of at least 4 members (excludes halogenated alkanes) is 3. The second kappa shape index (κ2) is 15.0. The molecular formula is C25H38LiN. The Hall–Kier alpha value is -1.00. The van der Waals surface area contributed by atoms with Gasteiger partial charge in [-0.3, -0.25) is 0 Å². The SMILES string of the molecule is CCCCN(CCCC)CCCCC(c1ccccc1)c1ccccc1.[LiH]. The van der Waals surface area contributed by atoms with Crippen LogP contribution in [0.5, 0.6) is 0 Å². The van der Waals surface area contributed by atoms with E-state index in [0.717, 1.165) is 0 Å². The Morgan fingerprint density at radius 3 is 1.52 bits per heavy atom. The van der Waals surface area contributed by atoms with E-state index >= 15 is 0 Å². The van der Waals surface area contributed by atoms with Gasteiger partial charge in [0.15, 0.2) is 0 Å². The molecule has 0 heterocycles. The van der Waals surface area contributed by atoms with E-state index in [1.807, 2.05) is 0 Å². The number of benzene rings is 2. The Kier molecular flexibility index (Phi) is 13.3. The quantitative estimate of drug-likeness (QED) is 0.302. The predicted octanol–water partition coefficient (Wildman–Crippen LogP) is 6.24. The minimum atomic E-state index is 0. The van der Waals surface area contributed by atoms with Gasteiger partial charge in [0.25, 0.3) is 0 Å². The number of hydrogen-bond acceptors (Lipinski definition) is 1. The second-order valence-corrected chi connectivity index (χ2v) is 7.42. The first kappa shape index (κ1) is 24.0. The van der Waals surface area contributed by atoms with Crippen LogP contribution in [0.25, 0.3) is 0 Å². The van der Waals surface area contributed by atoms with E-state index in [2.05, 4.69) is 79.4 Å². The molecule has 0 aliphatic carbocycles. The summed E-state index contributed by atoms with van der Waals surface area (Å²) >= 11 is 0. The van der Waals surface area contributed by atoms with Crippen LogP contribution in [-0.2, 0) is 0 Å². The average molecular weight is 360 g/mol. The summed E-state index contributed by atoms with van der Waals surface area (Å²) in [5.41, 5.74) is 2.90. The van der Waals surface area contributed by atoms with Crippen molar-refractivity contribution in [1.82, 2.24) is 4.90 Å². The van der Waals surface area contributed by atoms with E-state index in [0.29, 0.717) is 5.92 Å². The van der Waals surface area contributed by atoms with Gasteiger partial charge < -0.3 is 4.90 Å². The zero-order valence-corrected chi connectivity index (χ0v) is 16.9. The van der Waals surface area contributed by atoms with Crippen molar-refractivity contribution in [3.63, 3.8) is 0 Å². The summed E-state index contributed by atoms with van der Waals surface area (Å²) in [5.74, 6) is 0.525. The molecule has 0 aliphatic rings. The molecule has 2 heteroatoms. The molecule has 2 aromatic carbocycles. The first-order valence-electron chi connectivity index (χ1n) is 10.7. The first-order chi connectivity index (χ1) is 12.8. The van der Waals surface area contributed by atoms with Crippen LogP contribution >= 0.6 is 0 Å².